The van der Waals surface area contributed by atoms with Crippen LogP contribution in [0.1, 0.15) is 30.3 Å². The van der Waals surface area contributed by atoms with E-state index in [1.807, 2.05) is 6.07 Å². The number of halogens is 1. The third-order valence-corrected chi connectivity index (χ3v) is 3.04. The lowest BCUT2D eigenvalue weighted by Gasteiger charge is -2.09. The van der Waals surface area contributed by atoms with Crippen molar-refractivity contribution < 1.29 is 4.42 Å². The molecule has 0 aromatic carbocycles. The molecular formula is C12H11ClN2O2. The number of rotatable bonds is 3. The third kappa shape index (κ3) is 2.13. The van der Waals surface area contributed by atoms with Gasteiger partial charge < -0.3 is 4.42 Å². The minimum Gasteiger partial charge on any atom is -0.467 e. The Balaban J connectivity index is 2.04. The Bertz CT molecular complexity index is 585. The van der Waals surface area contributed by atoms with Gasteiger partial charge in [-0.25, -0.2) is 4.98 Å². The van der Waals surface area contributed by atoms with Crippen LogP contribution in [0.4, 0.5) is 0 Å². The largest absolute Gasteiger partial charge is 0.467 e. The maximum Gasteiger partial charge on any atom is 0.255 e. The lowest BCUT2D eigenvalue weighted by Crippen LogP contribution is -2.24. The van der Waals surface area contributed by atoms with Crippen LogP contribution in [-0.4, -0.2) is 9.55 Å². The smallest absolute Gasteiger partial charge is 0.255 e. The summed E-state index contributed by atoms with van der Waals surface area (Å²) in [6.45, 7) is 0.418. The van der Waals surface area contributed by atoms with Gasteiger partial charge in [0.15, 0.2) is 0 Å². The van der Waals surface area contributed by atoms with Crippen LogP contribution in [-0.2, 0) is 6.54 Å². The zero-order chi connectivity index (χ0) is 11.8. The molecule has 2 aromatic rings. The van der Waals surface area contributed by atoms with E-state index in [1.165, 1.54) is 6.07 Å². The predicted molar refractivity (Wildman–Crippen MR) is 63.3 cm³/mol. The van der Waals surface area contributed by atoms with Crippen LogP contribution in [0.15, 0.2) is 33.7 Å². The number of aromatic nitrogens is 2. The molecule has 5 heteroatoms. The van der Waals surface area contributed by atoms with E-state index >= 15 is 0 Å². The van der Waals surface area contributed by atoms with Crippen LogP contribution in [0.25, 0.3) is 0 Å². The van der Waals surface area contributed by atoms with Gasteiger partial charge in [0.05, 0.1) is 12.8 Å². The molecule has 0 spiro atoms. The van der Waals surface area contributed by atoms with E-state index in [1.54, 1.807) is 16.9 Å². The summed E-state index contributed by atoms with van der Waals surface area (Å²) in [6.07, 6.45) is 3.75. The monoisotopic (exact) mass is 250 g/mol. The summed E-state index contributed by atoms with van der Waals surface area (Å²) in [4.78, 5) is 16.2. The highest BCUT2D eigenvalue weighted by Crippen LogP contribution is 2.38. The average Bonchev–Trinajstić information content (AvgIpc) is 3.00. The van der Waals surface area contributed by atoms with Crippen molar-refractivity contribution in [3.63, 3.8) is 0 Å². The van der Waals surface area contributed by atoms with Crippen molar-refractivity contribution in [1.82, 2.24) is 9.55 Å². The van der Waals surface area contributed by atoms with Gasteiger partial charge in [0.1, 0.15) is 16.7 Å². The molecule has 0 radical (unpaired) electrons. The van der Waals surface area contributed by atoms with Crippen molar-refractivity contribution in [1.29, 1.82) is 0 Å². The number of hydrogen-bond donors (Lipinski definition) is 0. The number of nitrogens with zero attached hydrogens (tertiary/aromatic N) is 2. The summed E-state index contributed by atoms with van der Waals surface area (Å²) < 4.78 is 6.90. The molecule has 0 amide bonds. The van der Waals surface area contributed by atoms with E-state index in [9.17, 15) is 4.79 Å². The van der Waals surface area contributed by atoms with E-state index in [4.69, 9.17) is 16.0 Å². The quantitative estimate of drug-likeness (QED) is 0.786. The Morgan fingerprint density at radius 2 is 2.35 bits per heavy atom. The van der Waals surface area contributed by atoms with Gasteiger partial charge in [-0.05, 0) is 25.0 Å². The third-order valence-electron chi connectivity index (χ3n) is 2.84. The molecule has 2 aromatic heterocycles. The Kier molecular flexibility index (Phi) is 2.52. The molecule has 1 saturated carbocycles. The van der Waals surface area contributed by atoms with E-state index in [0.29, 0.717) is 12.5 Å². The van der Waals surface area contributed by atoms with Gasteiger partial charge in [0.2, 0.25) is 0 Å². The van der Waals surface area contributed by atoms with Crippen molar-refractivity contribution in [2.24, 2.45) is 0 Å². The molecule has 2 heterocycles. The second-order valence-electron chi connectivity index (χ2n) is 4.22. The van der Waals surface area contributed by atoms with Crippen LogP contribution in [0.3, 0.4) is 0 Å². The molecule has 0 N–H and O–H groups in total. The van der Waals surface area contributed by atoms with Gasteiger partial charge in [0.25, 0.3) is 5.56 Å². The molecule has 1 aliphatic rings. The van der Waals surface area contributed by atoms with Gasteiger partial charge in [-0.2, -0.15) is 0 Å². The van der Waals surface area contributed by atoms with Crippen molar-refractivity contribution in [2.75, 3.05) is 0 Å². The molecule has 88 valence electrons. The summed E-state index contributed by atoms with van der Waals surface area (Å²) in [5, 5.41) is 0.271. The second kappa shape index (κ2) is 4.04. The standard InChI is InChI=1S/C12H11ClN2O2/c13-10-6-11(16)15(7-9-2-1-5-17-9)12(14-10)8-3-4-8/h1-2,5-6,8H,3-4,7H2. The van der Waals surface area contributed by atoms with Gasteiger partial charge in [0, 0.05) is 12.0 Å². The summed E-state index contributed by atoms with van der Waals surface area (Å²) in [6, 6.07) is 4.99. The molecule has 0 saturated heterocycles. The van der Waals surface area contributed by atoms with Gasteiger partial charge >= 0.3 is 0 Å². The predicted octanol–water partition coefficient (Wildman–Crippen LogP) is 2.42. The van der Waals surface area contributed by atoms with Crippen molar-refractivity contribution in [3.05, 3.63) is 51.6 Å². The first-order valence-corrected chi connectivity index (χ1v) is 5.91. The minimum atomic E-state index is -0.122. The van der Waals surface area contributed by atoms with E-state index in [0.717, 1.165) is 24.4 Å². The average molecular weight is 251 g/mol. The highest BCUT2D eigenvalue weighted by Gasteiger charge is 2.29. The topological polar surface area (TPSA) is 48.0 Å². The SMILES string of the molecule is O=c1cc(Cl)nc(C2CC2)n1Cc1ccco1. The molecule has 1 fully saturated rings. The summed E-state index contributed by atoms with van der Waals surface area (Å²) >= 11 is 5.83. The fourth-order valence-corrected chi connectivity index (χ4v) is 2.05. The molecule has 4 nitrogen and oxygen atoms in total. The van der Waals surface area contributed by atoms with Gasteiger partial charge in [-0.15, -0.1) is 0 Å². The summed E-state index contributed by atoms with van der Waals surface area (Å²) in [5.74, 6) is 1.90. The number of hydrogen-bond acceptors (Lipinski definition) is 3. The number of furan rings is 1. The second-order valence-corrected chi connectivity index (χ2v) is 4.60. The fraction of sp³-hybridized carbons (Fsp3) is 0.333. The normalized spacial score (nSPS) is 15.1. The molecule has 0 aliphatic heterocycles. The molecule has 3 rings (SSSR count). The Hall–Kier alpha value is -1.55. The Morgan fingerprint density at radius 3 is 3.00 bits per heavy atom. The Labute approximate surface area is 103 Å². The van der Waals surface area contributed by atoms with Crippen LogP contribution >= 0.6 is 11.6 Å². The zero-order valence-corrected chi connectivity index (χ0v) is 9.85. The minimum absolute atomic E-state index is 0.122. The van der Waals surface area contributed by atoms with Crippen molar-refractivity contribution in [3.8, 4) is 0 Å². The van der Waals surface area contributed by atoms with Crippen molar-refractivity contribution in [2.45, 2.75) is 25.3 Å². The van der Waals surface area contributed by atoms with Gasteiger partial charge in [-0.3, -0.25) is 9.36 Å². The molecule has 0 atom stereocenters. The van der Waals surface area contributed by atoms with Gasteiger partial charge in [-0.1, -0.05) is 11.6 Å². The van der Waals surface area contributed by atoms with E-state index < -0.39 is 0 Å². The first kappa shape index (κ1) is 10.6. The summed E-state index contributed by atoms with van der Waals surface area (Å²) in [7, 11) is 0. The van der Waals surface area contributed by atoms with E-state index in [2.05, 4.69) is 4.98 Å². The first-order valence-electron chi connectivity index (χ1n) is 5.54. The first-order chi connectivity index (χ1) is 8.24. The molecule has 17 heavy (non-hydrogen) atoms. The maximum absolute atomic E-state index is 11.9. The van der Waals surface area contributed by atoms with Crippen LogP contribution in [0.5, 0.6) is 0 Å². The van der Waals surface area contributed by atoms with Crippen LogP contribution in [0, 0.1) is 0 Å². The van der Waals surface area contributed by atoms with Crippen LogP contribution in [0.2, 0.25) is 5.15 Å². The van der Waals surface area contributed by atoms with Crippen LogP contribution < -0.4 is 5.56 Å². The lowest BCUT2D eigenvalue weighted by atomic mass is 10.3. The highest BCUT2D eigenvalue weighted by atomic mass is 35.5. The zero-order valence-electron chi connectivity index (χ0n) is 9.10. The lowest BCUT2D eigenvalue weighted by molar-refractivity contribution is 0.481. The fourth-order valence-electron chi connectivity index (χ4n) is 1.87. The maximum atomic E-state index is 11.9. The molecular weight excluding hydrogens is 240 g/mol. The van der Waals surface area contributed by atoms with Crippen molar-refractivity contribution >= 4 is 11.6 Å². The Morgan fingerprint density at radius 1 is 1.53 bits per heavy atom. The molecule has 1 aliphatic carbocycles. The summed E-state index contributed by atoms with van der Waals surface area (Å²) in [5.41, 5.74) is -0.122. The highest BCUT2D eigenvalue weighted by molar-refractivity contribution is 6.29. The molecule has 0 bridgehead atoms. The molecule has 0 unspecified atom stereocenters. The van der Waals surface area contributed by atoms with E-state index in [-0.39, 0.29) is 10.7 Å².